The van der Waals surface area contributed by atoms with Gasteiger partial charge in [0.1, 0.15) is 0 Å². The lowest BCUT2D eigenvalue weighted by atomic mass is 9.96. The van der Waals surface area contributed by atoms with Gasteiger partial charge in [0.25, 0.3) is 0 Å². The molecule has 126 valence electrons. The first-order valence-corrected chi connectivity index (χ1v) is 9.13. The molecule has 1 aliphatic rings. The van der Waals surface area contributed by atoms with Gasteiger partial charge in [0.15, 0.2) is 0 Å². The van der Waals surface area contributed by atoms with E-state index in [1.165, 1.54) is 45.4 Å². The lowest BCUT2D eigenvalue weighted by molar-refractivity contribution is 0.0853. The molecule has 1 fully saturated rings. The van der Waals surface area contributed by atoms with E-state index < -0.39 is 0 Å². The topological polar surface area (TPSA) is 18.5 Å². The van der Waals surface area contributed by atoms with Gasteiger partial charge in [0.2, 0.25) is 0 Å². The lowest BCUT2D eigenvalue weighted by Crippen LogP contribution is -2.54. The van der Waals surface area contributed by atoms with Crippen LogP contribution in [0.5, 0.6) is 0 Å². The second kappa shape index (κ2) is 9.81. The minimum Gasteiger partial charge on any atom is -0.312 e. The van der Waals surface area contributed by atoms with Gasteiger partial charge < -0.3 is 10.2 Å². The third-order valence-corrected chi connectivity index (χ3v) is 5.27. The number of piperazine rings is 1. The van der Waals surface area contributed by atoms with E-state index in [-0.39, 0.29) is 0 Å². The van der Waals surface area contributed by atoms with Gasteiger partial charge in [-0.1, -0.05) is 41.0 Å². The van der Waals surface area contributed by atoms with E-state index in [1.807, 2.05) is 0 Å². The molecule has 0 aromatic rings. The van der Waals surface area contributed by atoms with Crippen LogP contribution in [0.25, 0.3) is 0 Å². The van der Waals surface area contributed by atoms with Gasteiger partial charge in [-0.3, -0.25) is 4.90 Å². The third-order valence-electron chi connectivity index (χ3n) is 5.27. The zero-order valence-electron chi connectivity index (χ0n) is 15.4. The average molecular weight is 298 g/mol. The zero-order valence-corrected chi connectivity index (χ0v) is 15.4. The summed E-state index contributed by atoms with van der Waals surface area (Å²) in [6, 6.07) is 1.37. The van der Waals surface area contributed by atoms with Gasteiger partial charge in [0, 0.05) is 44.8 Å². The first-order chi connectivity index (χ1) is 9.97. The second-order valence-electron chi connectivity index (χ2n) is 7.41. The van der Waals surface area contributed by atoms with Crippen LogP contribution < -0.4 is 5.32 Å². The summed E-state index contributed by atoms with van der Waals surface area (Å²) < 4.78 is 0. The molecule has 1 rings (SSSR count). The van der Waals surface area contributed by atoms with Crippen molar-refractivity contribution in [3.63, 3.8) is 0 Å². The molecule has 0 saturated carbocycles. The molecule has 0 radical (unpaired) electrons. The van der Waals surface area contributed by atoms with Crippen LogP contribution in [0.4, 0.5) is 0 Å². The van der Waals surface area contributed by atoms with E-state index in [9.17, 15) is 0 Å². The fraction of sp³-hybridized carbons (Fsp3) is 1.00. The molecule has 3 nitrogen and oxygen atoms in total. The minimum absolute atomic E-state index is 0.685. The fourth-order valence-corrected chi connectivity index (χ4v) is 3.27. The Hall–Kier alpha value is -0.120. The molecule has 21 heavy (non-hydrogen) atoms. The van der Waals surface area contributed by atoms with Crippen LogP contribution in [0.3, 0.4) is 0 Å². The fourth-order valence-electron chi connectivity index (χ4n) is 3.27. The molecule has 0 aliphatic carbocycles. The standard InChI is InChI=1S/C18H39N3/c1-7-16(5)13-17(8-2)19-14-18(15(3)4)21-11-9-20(6)10-12-21/h15-19H,7-14H2,1-6H3. The largest absolute Gasteiger partial charge is 0.312 e. The summed E-state index contributed by atoms with van der Waals surface area (Å²) in [6.07, 6.45) is 3.86. The Morgan fingerprint density at radius 1 is 0.952 bits per heavy atom. The molecule has 1 heterocycles. The van der Waals surface area contributed by atoms with Crippen molar-refractivity contribution >= 4 is 0 Å². The Kier molecular flexibility index (Phi) is 8.84. The highest BCUT2D eigenvalue weighted by Crippen LogP contribution is 2.15. The summed E-state index contributed by atoms with van der Waals surface area (Å²) in [4.78, 5) is 5.15. The van der Waals surface area contributed by atoms with E-state index in [0.29, 0.717) is 12.1 Å². The molecular formula is C18H39N3. The third kappa shape index (κ3) is 6.66. The average Bonchev–Trinajstić information content (AvgIpc) is 2.47. The van der Waals surface area contributed by atoms with Crippen molar-refractivity contribution in [1.82, 2.24) is 15.1 Å². The van der Waals surface area contributed by atoms with Gasteiger partial charge in [-0.25, -0.2) is 0 Å². The summed E-state index contributed by atoms with van der Waals surface area (Å²) >= 11 is 0. The van der Waals surface area contributed by atoms with Crippen LogP contribution in [0, 0.1) is 11.8 Å². The molecule has 0 amide bonds. The normalized spacial score (nSPS) is 22.4. The van der Waals surface area contributed by atoms with Crippen LogP contribution in [-0.4, -0.2) is 61.7 Å². The number of nitrogens with one attached hydrogen (secondary N) is 1. The number of likely N-dealkylation sites (N-methyl/N-ethyl adjacent to an activating group) is 1. The van der Waals surface area contributed by atoms with Crippen molar-refractivity contribution in [2.75, 3.05) is 39.8 Å². The van der Waals surface area contributed by atoms with Gasteiger partial charge >= 0.3 is 0 Å². The highest BCUT2D eigenvalue weighted by Gasteiger charge is 2.25. The molecule has 0 spiro atoms. The predicted octanol–water partition coefficient (Wildman–Crippen LogP) is 3.06. The smallest absolute Gasteiger partial charge is 0.0244 e. The van der Waals surface area contributed by atoms with Crippen molar-refractivity contribution < 1.29 is 0 Å². The summed E-state index contributed by atoms with van der Waals surface area (Å²) in [5, 5.41) is 3.87. The molecule has 0 aromatic carbocycles. The SMILES string of the molecule is CCC(C)CC(CC)NCC(C(C)C)N1CCN(C)CC1. The Balaban J connectivity index is 2.46. The van der Waals surface area contributed by atoms with E-state index in [4.69, 9.17) is 0 Å². The van der Waals surface area contributed by atoms with Gasteiger partial charge in [-0.15, -0.1) is 0 Å². The molecular weight excluding hydrogens is 258 g/mol. The Bertz CT molecular complexity index is 259. The Labute approximate surface area is 133 Å². The van der Waals surface area contributed by atoms with Crippen LogP contribution >= 0.6 is 0 Å². The molecule has 3 atom stereocenters. The van der Waals surface area contributed by atoms with Crippen LogP contribution in [0.2, 0.25) is 0 Å². The van der Waals surface area contributed by atoms with Gasteiger partial charge in [-0.2, -0.15) is 0 Å². The van der Waals surface area contributed by atoms with Crippen molar-refractivity contribution in [3.8, 4) is 0 Å². The highest BCUT2D eigenvalue weighted by molar-refractivity contribution is 4.83. The van der Waals surface area contributed by atoms with Crippen LogP contribution in [0.15, 0.2) is 0 Å². The summed E-state index contributed by atoms with van der Waals surface area (Å²) in [7, 11) is 2.24. The first-order valence-electron chi connectivity index (χ1n) is 9.13. The zero-order chi connectivity index (χ0) is 15.8. The molecule has 0 aromatic heterocycles. The maximum Gasteiger partial charge on any atom is 0.0244 e. The minimum atomic E-state index is 0.685. The summed E-state index contributed by atoms with van der Waals surface area (Å²) in [6.45, 7) is 17.8. The van der Waals surface area contributed by atoms with Crippen molar-refractivity contribution in [2.45, 2.75) is 66.0 Å². The molecule has 0 bridgehead atoms. The van der Waals surface area contributed by atoms with Crippen molar-refractivity contribution in [1.29, 1.82) is 0 Å². The maximum absolute atomic E-state index is 3.87. The molecule has 3 heteroatoms. The maximum atomic E-state index is 3.87. The molecule has 1 saturated heterocycles. The van der Waals surface area contributed by atoms with Crippen LogP contribution in [0.1, 0.15) is 53.9 Å². The molecule has 3 unspecified atom stereocenters. The van der Waals surface area contributed by atoms with Crippen molar-refractivity contribution in [3.05, 3.63) is 0 Å². The number of hydrogen-bond donors (Lipinski definition) is 1. The quantitative estimate of drug-likeness (QED) is 0.705. The van der Waals surface area contributed by atoms with E-state index in [2.05, 4.69) is 56.8 Å². The molecule has 1 aliphatic heterocycles. The first kappa shape index (κ1) is 18.9. The number of rotatable bonds is 9. The van der Waals surface area contributed by atoms with E-state index in [0.717, 1.165) is 18.4 Å². The highest BCUT2D eigenvalue weighted by atomic mass is 15.3. The van der Waals surface area contributed by atoms with Crippen molar-refractivity contribution in [2.24, 2.45) is 11.8 Å². The Morgan fingerprint density at radius 3 is 2.05 bits per heavy atom. The second-order valence-corrected chi connectivity index (χ2v) is 7.41. The van der Waals surface area contributed by atoms with Crippen LogP contribution in [-0.2, 0) is 0 Å². The van der Waals surface area contributed by atoms with E-state index in [1.54, 1.807) is 0 Å². The molecule has 1 N–H and O–H groups in total. The number of hydrogen-bond acceptors (Lipinski definition) is 3. The lowest BCUT2D eigenvalue weighted by Gasteiger charge is -2.40. The Morgan fingerprint density at radius 2 is 1.57 bits per heavy atom. The monoisotopic (exact) mass is 297 g/mol. The van der Waals surface area contributed by atoms with E-state index >= 15 is 0 Å². The summed E-state index contributed by atoms with van der Waals surface area (Å²) in [5.74, 6) is 1.56. The number of nitrogens with zero attached hydrogens (tertiary/aromatic N) is 2. The van der Waals surface area contributed by atoms with Gasteiger partial charge in [-0.05, 0) is 31.7 Å². The van der Waals surface area contributed by atoms with Gasteiger partial charge in [0.05, 0.1) is 0 Å². The predicted molar refractivity (Wildman–Crippen MR) is 93.8 cm³/mol. The summed E-state index contributed by atoms with van der Waals surface area (Å²) in [5.41, 5.74) is 0.